The first-order chi connectivity index (χ1) is 11.6. The first-order valence-electron chi connectivity index (χ1n) is 8.33. The van der Waals surface area contributed by atoms with Gasteiger partial charge in [0.05, 0.1) is 6.20 Å². The number of hydrogen-bond acceptors (Lipinski definition) is 5. The Morgan fingerprint density at radius 3 is 2.67 bits per heavy atom. The normalized spacial score (nSPS) is 29.2. The molecule has 0 radical (unpaired) electrons. The molecule has 3 atom stereocenters. The summed E-state index contributed by atoms with van der Waals surface area (Å²) in [4.78, 5) is 48.8. The summed E-state index contributed by atoms with van der Waals surface area (Å²) < 4.78 is 0. The van der Waals surface area contributed by atoms with Gasteiger partial charge in [-0.15, -0.1) is 0 Å². The van der Waals surface area contributed by atoms with Crippen molar-refractivity contribution in [1.82, 2.24) is 25.1 Å². The highest BCUT2D eigenvalue weighted by molar-refractivity contribution is 5.98. The standard InChI is InChI=1S/C16H19N5O3/c22-14(11-9-17-4-5-18-11)19-10-3-7-21-13(8-10)16(24)20-6-1-2-12(20)15(21)23/h4-5,9-10,12-13H,1-3,6-8H2,(H,19,22)/t10-,12+,13-/m0/s1. The molecule has 3 fully saturated rings. The summed E-state index contributed by atoms with van der Waals surface area (Å²) in [7, 11) is 0. The number of piperidine rings is 1. The van der Waals surface area contributed by atoms with Gasteiger partial charge in [0.25, 0.3) is 5.91 Å². The van der Waals surface area contributed by atoms with E-state index in [0.717, 1.165) is 12.8 Å². The zero-order valence-corrected chi connectivity index (χ0v) is 13.2. The van der Waals surface area contributed by atoms with Crippen molar-refractivity contribution in [3.05, 3.63) is 24.3 Å². The summed E-state index contributed by atoms with van der Waals surface area (Å²) in [5, 5.41) is 2.91. The van der Waals surface area contributed by atoms with Crippen LogP contribution in [0.1, 0.15) is 36.2 Å². The molecule has 8 nitrogen and oxygen atoms in total. The largest absolute Gasteiger partial charge is 0.348 e. The second kappa shape index (κ2) is 5.85. The maximum atomic E-state index is 12.7. The molecule has 3 amide bonds. The summed E-state index contributed by atoms with van der Waals surface area (Å²) in [6.07, 6.45) is 7.14. The van der Waals surface area contributed by atoms with Crippen LogP contribution in [-0.4, -0.2) is 68.7 Å². The molecule has 3 saturated heterocycles. The van der Waals surface area contributed by atoms with Gasteiger partial charge in [0.1, 0.15) is 17.8 Å². The van der Waals surface area contributed by atoms with Crippen LogP contribution in [-0.2, 0) is 9.59 Å². The Morgan fingerprint density at radius 2 is 1.88 bits per heavy atom. The highest BCUT2D eigenvalue weighted by Crippen LogP contribution is 2.31. The molecule has 24 heavy (non-hydrogen) atoms. The Balaban J connectivity index is 1.46. The van der Waals surface area contributed by atoms with Crippen molar-refractivity contribution in [3.63, 3.8) is 0 Å². The predicted octanol–water partition coefficient (Wildman–Crippen LogP) is -0.429. The molecule has 0 aromatic carbocycles. The first kappa shape index (κ1) is 15.0. The van der Waals surface area contributed by atoms with E-state index in [2.05, 4.69) is 15.3 Å². The van der Waals surface area contributed by atoms with Gasteiger partial charge < -0.3 is 15.1 Å². The van der Waals surface area contributed by atoms with E-state index in [1.165, 1.54) is 18.6 Å². The number of nitrogens with one attached hydrogen (secondary N) is 1. The number of hydrogen-bond donors (Lipinski definition) is 1. The SMILES string of the molecule is O=C(N[C@H]1CCN2C(=O)[C@H]3CCCN3C(=O)[C@@H]2C1)c1cnccn1. The Bertz CT molecular complexity index is 680. The number of aromatic nitrogens is 2. The molecule has 8 heteroatoms. The Kier molecular flexibility index (Phi) is 3.66. The predicted molar refractivity (Wildman–Crippen MR) is 82.8 cm³/mol. The summed E-state index contributed by atoms with van der Waals surface area (Å²) >= 11 is 0. The van der Waals surface area contributed by atoms with Crippen molar-refractivity contribution in [2.45, 2.75) is 43.8 Å². The molecule has 0 saturated carbocycles. The topological polar surface area (TPSA) is 95.5 Å². The van der Waals surface area contributed by atoms with Gasteiger partial charge in [-0.1, -0.05) is 0 Å². The van der Waals surface area contributed by atoms with Crippen LogP contribution in [0.4, 0.5) is 0 Å². The van der Waals surface area contributed by atoms with Gasteiger partial charge in [0, 0.05) is 31.5 Å². The lowest BCUT2D eigenvalue weighted by molar-refractivity contribution is -0.161. The van der Waals surface area contributed by atoms with Crippen molar-refractivity contribution < 1.29 is 14.4 Å². The number of fused-ring (bicyclic) bond motifs is 2. The van der Waals surface area contributed by atoms with Crippen LogP contribution >= 0.6 is 0 Å². The third-order valence-corrected chi connectivity index (χ3v) is 5.12. The Morgan fingerprint density at radius 1 is 1.08 bits per heavy atom. The monoisotopic (exact) mass is 329 g/mol. The van der Waals surface area contributed by atoms with E-state index >= 15 is 0 Å². The number of piperazine rings is 1. The van der Waals surface area contributed by atoms with Crippen LogP contribution in [0.25, 0.3) is 0 Å². The minimum absolute atomic E-state index is 0.0237. The fraction of sp³-hybridized carbons (Fsp3) is 0.562. The van der Waals surface area contributed by atoms with Crippen LogP contribution in [0.3, 0.4) is 0 Å². The molecular weight excluding hydrogens is 310 g/mol. The van der Waals surface area contributed by atoms with Gasteiger partial charge in [0.15, 0.2) is 0 Å². The number of carbonyl (C=O) groups excluding carboxylic acids is 3. The van der Waals surface area contributed by atoms with Crippen LogP contribution in [0.2, 0.25) is 0 Å². The Hall–Kier alpha value is -2.51. The van der Waals surface area contributed by atoms with E-state index in [1.54, 1.807) is 9.80 Å². The molecule has 1 aromatic rings. The molecule has 3 aliphatic heterocycles. The highest BCUT2D eigenvalue weighted by Gasteiger charge is 2.49. The van der Waals surface area contributed by atoms with Crippen LogP contribution < -0.4 is 5.32 Å². The van der Waals surface area contributed by atoms with Gasteiger partial charge in [-0.05, 0) is 25.7 Å². The van der Waals surface area contributed by atoms with E-state index in [9.17, 15) is 14.4 Å². The molecule has 4 heterocycles. The van der Waals surface area contributed by atoms with Gasteiger partial charge >= 0.3 is 0 Å². The first-order valence-corrected chi connectivity index (χ1v) is 8.33. The van der Waals surface area contributed by atoms with Gasteiger partial charge in [-0.25, -0.2) is 4.98 Å². The summed E-state index contributed by atoms with van der Waals surface area (Å²) in [5.41, 5.74) is 0.255. The summed E-state index contributed by atoms with van der Waals surface area (Å²) in [5.74, 6) is -0.207. The van der Waals surface area contributed by atoms with Crippen molar-refractivity contribution in [1.29, 1.82) is 0 Å². The van der Waals surface area contributed by atoms with Gasteiger partial charge in [-0.2, -0.15) is 0 Å². The van der Waals surface area contributed by atoms with E-state index in [4.69, 9.17) is 0 Å². The minimum Gasteiger partial charge on any atom is -0.348 e. The molecule has 4 rings (SSSR count). The molecule has 3 aliphatic rings. The second-order valence-electron chi connectivity index (χ2n) is 6.52. The summed E-state index contributed by atoms with van der Waals surface area (Å²) in [6.45, 7) is 1.17. The smallest absolute Gasteiger partial charge is 0.271 e. The number of carbonyl (C=O) groups is 3. The van der Waals surface area contributed by atoms with Crippen molar-refractivity contribution in [3.8, 4) is 0 Å². The molecular formula is C16H19N5O3. The Labute approximate surface area is 139 Å². The fourth-order valence-electron chi connectivity index (χ4n) is 3.94. The van der Waals surface area contributed by atoms with E-state index in [1.807, 2.05) is 0 Å². The van der Waals surface area contributed by atoms with Crippen LogP contribution in [0.5, 0.6) is 0 Å². The van der Waals surface area contributed by atoms with E-state index in [-0.39, 0.29) is 35.5 Å². The molecule has 0 bridgehead atoms. The van der Waals surface area contributed by atoms with Crippen molar-refractivity contribution in [2.75, 3.05) is 13.1 Å². The average molecular weight is 329 g/mol. The van der Waals surface area contributed by atoms with Crippen LogP contribution in [0.15, 0.2) is 18.6 Å². The zero-order valence-electron chi connectivity index (χ0n) is 13.2. The second-order valence-corrected chi connectivity index (χ2v) is 6.52. The molecule has 126 valence electrons. The van der Waals surface area contributed by atoms with Gasteiger partial charge in [-0.3, -0.25) is 19.4 Å². The minimum atomic E-state index is -0.451. The maximum Gasteiger partial charge on any atom is 0.271 e. The molecule has 0 unspecified atom stereocenters. The number of rotatable bonds is 2. The lowest BCUT2D eigenvalue weighted by atomic mass is 9.92. The van der Waals surface area contributed by atoms with Crippen LogP contribution in [0, 0.1) is 0 Å². The summed E-state index contributed by atoms with van der Waals surface area (Å²) in [6, 6.07) is -0.857. The molecule has 0 aliphatic carbocycles. The number of amides is 3. The third kappa shape index (κ3) is 2.42. The van der Waals surface area contributed by atoms with Gasteiger partial charge in [0.2, 0.25) is 11.8 Å². The molecule has 1 N–H and O–H groups in total. The third-order valence-electron chi connectivity index (χ3n) is 5.12. The lowest BCUT2D eigenvalue weighted by Crippen LogP contribution is -2.66. The van der Waals surface area contributed by atoms with Crippen molar-refractivity contribution in [2.24, 2.45) is 0 Å². The molecule has 1 aromatic heterocycles. The lowest BCUT2D eigenvalue weighted by Gasteiger charge is -2.46. The van der Waals surface area contributed by atoms with E-state index < -0.39 is 6.04 Å². The quantitative estimate of drug-likeness (QED) is 0.794. The number of nitrogens with zero attached hydrogens (tertiary/aromatic N) is 4. The fourth-order valence-corrected chi connectivity index (χ4v) is 3.94. The van der Waals surface area contributed by atoms with Crippen molar-refractivity contribution >= 4 is 17.7 Å². The highest BCUT2D eigenvalue weighted by atomic mass is 16.2. The molecule has 0 spiro atoms. The zero-order chi connectivity index (χ0) is 16.7. The maximum absolute atomic E-state index is 12.7. The van der Waals surface area contributed by atoms with E-state index in [0.29, 0.717) is 25.9 Å². The average Bonchev–Trinajstić information content (AvgIpc) is 3.10.